The van der Waals surface area contributed by atoms with Crippen LogP contribution in [0.25, 0.3) is 0 Å². The summed E-state index contributed by atoms with van der Waals surface area (Å²) in [5.74, 6) is 1.45. The van der Waals surface area contributed by atoms with Gasteiger partial charge in [-0.1, -0.05) is 6.07 Å². The molecule has 26 heavy (non-hydrogen) atoms. The number of nitrogens with zero attached hydrogens (tertiary/aromatic N) is 3. The van der Waals surface area contributed by atoms with Gasteiger partial charge >= 0.3 is 0 Å². The Kier molecular flexibility index (Phi) is 10.5. The summed E-state index contributed by atoms with van der Waals surface area (Å²) in [7, 11) is 0. The zero-order valence-electron chi connectivity index (χ0n) is 15.8. The van der Waals surface area contributed by atoms with Crippen molar-refractivity contribution in [2.45, 2.75) is 46.8 Å². The number of aliphatic imine (C=N–C) groups is 1. The second kappa shape index (κ2) is 12.1. The molecule has 0 saturated heterocycles. The van der Waals surface area contributed by atoms with Crippen molar-refractivity contribution in [2.75, 3.05) is 13.1 Å². The number of nitrogens with one attached hydrogen (secondary N) is 2. The second-order valence-electron chi connectivity index (χ2n) is 5.91. The Morgan fingerprint density at radius 3 is 2.62 bits per heavy atom. The molecule has 0 spiro atoms. The molecular weight excluding hydrogens is 461 g/mol. The molecule has 6 nitrogen and oxygen atoms in total. The third kappa shape index (κ3) is 8.31. The quantitative estimate of drug-likeness (QED) is 0.337. The summed E-state index contributed by atoms with van der Waals surface area (Å²) in [6.45, 7) is 10.3. The lowest BCUT2D eigenvalue weighted by Crippen LogP contribution is -2.38. The molecule has 2 rings (SSSR count). The number of aromatic nitrogens is 2. The van der Waals surface area contributed by atoms with E-state index in [-0.39, 0.29) is 30.1 Å². The zero-order valence-corrected chi connectivity index (χ0v) is 18.9. The number of aryl methyl sites for hydroxylation is 1. The van der Waals surface area contributed by atoms with Gasteiger partial charge in [-0.2, -0.15) is 0 Å². The molecule has 2 heterocycles. The fourth-order valence-corrected chi connectivity index (χ4v) is 2.92. The fraction of sp³-hybridized carbons (Fsp3) is 0.500. The second-order valence-corrected chi connectivity index (χ2v) is 7.23. The van der Waals surface area contributed by atoms with Crippen LogP contribution in [0.15, 0.2) is 29.5 Å². The van der Waals surface area contributed by atoms with Crippen LogP contribution in [0.4, 0.5) is 0 Å². The van der Waals surface area contributed by atoms with E-state index in [9.17, 15) is 0 Å². The van der Waals surface area contributed by atoms with Crippen molar-refractivity contribution in [3.63, 3.8) is 0 Å². The van der Waals surface area contributed by atoms with Gasteiger partial charge in [0, 0.05) is 42.8 Å². The monoisotopic (exact) mass is 489 g/mol. The Hall–Kier alpha value is -1.42. The molecule has 8 heteroatoms. The Balaban J connectivity index is 0.00000338. The number of halogens is 1. The van der Waals surface area contributed by atoms with E-state index >= 15 is 0 Å². The molecule has 0 aliphatic heterocycles. The molecule has 2 aromatic heterocycles. The molecule has 0 aromatic carbocycles. The van der Waals surface area contributed by atoms with Crippen molar-refractivity contribution in [1.29, 1.82) is 0 Å². The molecule has 0 radical (unpaired) electrons. The van der Waals surface area contributed by atoms with Gasteiger partial charge in [0.15, 0.2) is 5.96 Å². The Morgan fingerprint density at radius 2 is 2.04 bits per heavy atom. The van der Waals surface area contributed by atoms with Crippen molar-refractivity contribution in [1.82, 2.24) is 20.6 Å². The molecule has 0 bridgehead atoms. The van der Waals surface area contributed by atoms with Crippen LogP contribution >= 0.6 is 35.3 Å². The Labute approximate surface area is 176 Å². The predicted octanol–water partition coefficient (Wildman–Crippen LogP) is 3.55. The maximum Gasteiger partial charge on any atom is 0.213 e. The normalized spacial score (nSPS) is 11.2. The first-order chi connectivity index (χ1) is 12.1. The van der Waals surface area contributed by atoms with Crippen molar-refractivity contribution in [3.8, 4) is 5.88 Å². The van der Waals surface area contributed by atoms with Gasteiger partial charge in [-0.3, -0.25) is 0 Å². The lowest BCUT2D eigenvalue weighted by Gasteiger charge is -2.11. The highest BCUT2D eigenvalue weighted by atomic mass is 127. The Bertz CT molecular complexity index is 672. The van der Waals surface area contributed by atoms with Crippen LogP contribution in [0, 0.1) is 6.92 Å². The van der Waals surface area contributed by atoms with Gasteiger partial charge in [-0.15, -0.1) is 35.3 Å². The number of guanidine groups is 1. The Morgan fingerprint density at radius 1 is 1.23 bits per heavy atom. The van der Waals surface area contributed by atoms with Crippen LogP contribution < -0.4 is 15.4 Å². The highest BCUT2D eigenvalue weighted by Gasteiger charge is 2.02. The van der Waals surface area contributed by atoms with Crippen LogP contribution in [0.2, 0.25) is 0 Å². The summed E-state index contributed by atoms with van der Waals surface area (Å²) in [5, 5.41) is 7.75. The lowest BCUT2D eigenvalue weighted by atomic mass is 10.3. The molecule has 0 aliphatic rings. The van der Waals surface area contributed by atoms with Crippen LogP contribution in [0.3, 0.4) is 0 Å². The molecule has 0 amide bonds. The van der Waals surface area contributed by atoms with Crippen LogP contribution in [-0.2, 0) is 13.0 Å². The predicted molar refractivity (Wildman–Crippen MR) is 119 cm³/mol. The van der Waals surface area contributed by atoms with Gasteiger partial charge in [-0.05, 0) is 33.3 Å². The van der Waals surface area contributed by atoms with Crippen molar-refractivity contribution in [3.05, 3.63) is 40.0 Å². The van der Waals surface area contributed by atoms with E-state index in [4.69, 9.17) is 4.74 Å². The third-order valence-corrected chi connectivity index (χ3v) is 4.19. The summed E-state index contributed by atoms with van der Waals surface area (Å²) < 4.78 is 5.55. The van der Waals surface area contributed by atoms with Gasteiger partial charge < -0.3 is 15.4 Å². The average molecular weight is 489 g/mol. The maximum absolute atomic E-state index is 5.55. The average Bonchev–Trinajstić information content (AvgIpc) is 2.99. The molecule has 0 aliphatic carbocycles. The summed E-state index contributed by atoms with van der Waals surface area (Å²) >= 11 is 1.74. The van der Waals surface area contributed by atoms with E-state index in [2.05, 4.69) is 39.4 Å². The minimum atomic E-state index is 0. The summed E-state index contributed by atoms with van der Waals surface area (Å²) in [6.07, 6.45) is 4.75. The molecular formula is C18H28IN5OS. The topological polar surface area (TPSA) is 71.4 Å². The molecule has 0 saturated carbocycles. The summed E-state index contributed by atoms with van der Waals surface area (Å²) in [6, 6.07) is 3.88. The van der Waals surface area contributed by atoms with Crippen LogP contribution in [-0.4, -0.2) is 35.1 Å². The molecule has 144 valence electrons. The first kappa shape index (κ1) is 22.6. The zero-order chi connectivity index (χ0) is 18.1. The number of hydrogen-bond donors (Lipinski definition) is 2. The largest absolute Gasteiger partial charge is 0.475 e. The third-order valence-electron chi connectivity index (χ3n) is 3.22. The highest BCUT2D eigenvalue weighted by molar-refractivity contribution is 14.0. The minimum absolute atomic E-state index is 0. The van der Waals surface area contributed by atoms with Crippen molar-refractivity contribution in [2.24, 2.45) is 4.99 Å². The van der Waals surface area contributed by atoms with Gasteiger partial charge in [0.25, 0.3) is 0 Å². The van der Waals surface area contributed by atoms with Gasteiger partial charge in [0.05, 0.1) is 17.7 Å². The molecule has 0 fully saturated rings. The number of rotatable bonds is 8. The SMILES string of the molecule is CCNC(=NCc1ccc(OC(C)C)nc1)NCCc1ncc(C)s1.I. The van der Waals surface area contributed by atoms with E-state index in [1.807, 2.05) is 38.4 Å². The van der Waals surface area contributed by atoms with Crippen LogP contribution in [0.1, 0.15) is 36.2 Å². The maximum atomic E-state index is 5.55. The van der Waals surface area contributed by atoms with E-state index in [0.29, 0.717) is 12.4 Å². The van der Waals surface area contributed by atoms with Gasteiger partial charge in [0.1, 0.15) is 0 Å². The first-order valence-electron chi connectivity index (χ1n) is 8.62. The molecule has 0 unspecified atom stereocenters. The summed E-state index contributed by atoms with van der Waals surface area (Å²) in [5.41, 5.74) is 1.05. The van der Waals surface area contributed by atoms with Crippen molar-refractivity contribution < 1.29 is 4.74 Å². The first-order valence-corrected chi connectivity index (χ1v) is 9.43. The van der Waals surface area contributed by atoms with E-state index < -0.39 is 0 Å². The van der Waals surface area contributed by atoms with E-state index in [1.54, 1.807) is 11.3 Å². The lowest BCUT2D eigenvalue weighted by molar-refractivity contribution is 0.232. The minimum Gasteiger partial charge on any atom is -0.475 e. The number of hydrogen-bond acceptors (Lipinski definition) is 5. The fourth-order valence-electron chi connectivity index (χ4n) is 2.13. The van der Waals surface area contributed by atoms with Crippen molar-refractivity contribution >= 4 is 41.3 Å². The number of thiazole rings is 1. The molecule has 2 aromatic rings. The van der Waals surface area contributed by atoms with Gasteiger partial charge in [-0.25, -0.2) is 15.0 Å². The van der Waals surface area contributed by atoms with E-state index in [0.717, 1.165) is 36.0 Å². The standard InChI is InChI=1S/C18H27N5OS.HI/c1-5-19-18(20-9-8-17-22-10-14(4)25-17)23-12-15-6-7-16(21-11-15)24-13(2)3;/h6-7,10-11,13H,5,8-9,12H2,1-4H3,(H2,19,20,23);1H. The molecule has 0 atom stereocenters. The smallest absolute Gasteiger partial charge is 0.213 e. The van der Waals surface area contributed by atoms with Crippen LogP contribution in [0.5, 0.6) is 5.88 Å². The number of pyridine rings is 1. The summed E-state index contributed by atoms with van der Waals surface area (Å²) in [4.78, 5) is 14.5. The highest BCUT2D eigenvalue weighted by Crippen LogP contribution is 2.11. The van der Waals surface area contributed by atoms with E-state index in [1.165, 1.54) is 4.88 Å². The van der Waals surface area contributed by atoms with Gasteiger partial charge in [0.2, 0.25) is 5.88 Å². The number of ether oxygens (including phenoxy) is 1. The molecule has 2 N–H and O–H groups in total.